The van der Waals surface area contributed by atoms with E-state index in [2.05, 4.69) is 27.0 Å². The van der Waals surface area contributed by atoms with Gasteiger partial charge in [0.25, 0.3) is 0 Å². The summed E-state index contributed by atoms with van der Waals surface area (Å²) in [6.45, 7) is 3.79. The van der Waals surface area contributed by atoms with Gasteiger partial charge in [-0.3, -0.25) is 0 Å². The quantitative estimate of drug-likeness (QED) is 0.356. The van der Waals surface area contributed by atoms with Gasteiger partial charge < -0.3 is 0 Å². The molecular weight excluding hydrogens is 528 g/mol. The van der Waals surface area contributed by atoms with Crippen molar-refractivity contribution in [3.63, 3.8) is 0 Å². The summed E-state index contributed by atoms with van der Waals surface area (Å²) >= 11 is -2.26. The van der Waals surface area contributed by atoms with Crippen LogP contribution in [0.15, 0.2) is 8.17 Å². The predicted octanol–water partition coefficient (Wildman–Crippen LogP) is 4.22. The van der Waals surface area contributed by atoms with Crippen LogP contribution in [-0.2, 0) is 7.80 Å². The van der Waals surface area contributed by atoms with Crippen LogP contribution < -0.4 is 0 Å². The Morgan fingerprint density at radius 3 is 2.83 bits per heavy atom. The summed E-state index contributed by atoms with van der Waals surface area (Å²) in [6.07, 6.45) is 6.90. The van der Waals surface area contributed by atoms with Crippen LogP contribution in [0.1, 0.15) is 39.0 Å². The second kappa shape index (κ2) is 4.73. The van der Waals surface area contributed by atoms with Crippen LogP contribution in [0.5, 0.6) is 0 Å². The molecule has 3 unspecified atom stereocenters. The molecule has 1 aliphatic carbocycles. The number of fused-ring (bicyclic) bond motifs is 2. The summed E-state index contributed by atoms with van der Waals surface area (Å²) < 4.78 is 22.3. The molecule has 5 heterocycles. The Balaban J connectivity index is 1.50. The summed E-state index contributed by atoms with van der Waals surface area (Å²) in [7, 11) is 4.34. The van der Waals surface area contributed by atoms with E-state index < -0.39 is 40.1 Å². The van der Waals surface area contributed by atoms with E-state index in [4.69, 9.17) is 7.80 Å². The van der Waals surface area contributed by atoms with Gasteiger partial charge in [-0.25, -0.2) is 0 Å². The first-order valence-electron chi connectivity index (χ1n) is 9.32. The minimum absolute atomic E-state index is 0.174. The zero-order valence-corrected chi connectivity index (χ0v) is 19.3. The van der Waals surface area contributed by atoms with Gasteiger partial charge in [-0.1, -0.05) is 0 Å². The first-order valence-corrected chi connectivity index (χ1v) is 17.0. The van der Waals surface area contributed by atoms with E-state index in [1.165, 1.54) is 43.1 Å². The maximum absolute atomic E-state index is 6.95. The zero-order valence-electron chi connectivity index (χ0n) is 15.0. The number of likely N-dealkylation sites (N-methyl/N-ethyl adjacent to an activating group) is 1. The van der Waals surface area contributed by atoms with Crippen molar-refractivity contribution in [1.82, 2.24) is 4.90 Å². The van der Waals surface area contributed by atoms with Crippen LogP contribution in [-0.4, -0.2) is 55.6 Å². The fourth-order valence-electron chi connectivity index (χ4n) is 7.96. The number of ether oxygens (including phenoxy) is 1. The van der Waals surface area contributed by atoms with E-state index in [0.717, 1.165) is 9.97 Å². The number of alkyl halides is 3. The number of hydrogen-bond donors (Lipinski definition) is 0. The van der Waals surface area contributed by atoms with Gasteiger partial charge in [-0.2, -0.15) is 0 Å². The molecule has 0 radical (unpaired) electrons. The van der Waals surface area contributed by atoms with Gasteiger partial charge in [-0.05, 0) is 0 Å². The normalized spacial score (nSPS) is 60.5. The molecule has 0 aromatic heterocycles. The van der Waals surface area contributed by atoms with Gasteiger partial charge in [0, 0.05) is 0 Å². The van der Waals surface area contributed by atoms with Crippen molar-refractivity contribution in [1.29, 1.82) is 0 Å². The van der Waals surface area contributed by atoms with E-state index in [0.29, 0.717) is 10.8 Å². The fraction of sp³-hybridized carbons (Fsp3) is 0.895. The Hall–Kier alpha value is 1.08. The third-order valence-electron chi connectivity index (χ3n) is 7.95. The number of halogens is 2. The maximum atomic E-state index is 6.95. The standard InChI is InChI=1S/C19H29I2NO2/c1-16-4-5-19(24-16)11-17(9-16)10-18(13-22(2)15(18)19)12-20-6-7-21(23-3)8-14(17)20/h6-7,14-15H,4-5,8-13H2,1-3H3/t14?,15?,16-,17+,18?,19+/m0/s1. The number of hydrogen-bond acceptors (Lipinski definition) is 3. The van der Waals surface area contributed by atoms with E-state index in [9.17, 15) is 0 Å². The number of rotatable bonds is 1. The average molecular weight is 557 g/mol. The van der Waals surface area contributed by atoms with Gasteiger partial charge >= 0.3 is 162 Å². The molecule has 5 heteroatoms. The molecule has 5 fully saturated rings. The first-order chi connectivity index (χ1) is 11.4. The minimum atomic E-state index is -1.26. The van der Waals surface area contributed by atoms with E-state index in [-0.39, 0.29) is 11.2 Å². The predicted molar refractivity (Wildman–Crippen MR) is 114 cm³/mol. The van der Waals surface area contributed by atoms with Gasteiger partial charge in [0.1, 0.15) is 0 Å². The molecule has 6 rings (SSSR count). The van der Waals surface area contributed by atoms with E-state index in [1.54, 1.807) is 4.43 Å². The molecule has 0 aromatic rings. The second-order valence-electron chi connectivity index (χ2n) is 9.64. The number of nitrogens with zero attached hydrogens (tertiary/aromatic N) is 1. The molecule has 3 spiro atoms. The Labute approximate surface area is 160 Å². The van der Waals surface area contributed by atoms with Crippen molar-refractivity contribution in [2.75, 3.05) is 29.6 Å². The zero-order chi connectivity index (χ0) is 16.4. The summed E-state index contributed by atoms with van der Waals surface area (Å²) in [5.74, 6) is 0. The van der Waals surface area contributed by atoms with Gasteiger partial charge in [0.2, 0.25) is 0 Å². The summed E-state index contributed by atoms with van der Waals surface area (Å²) in [6, 6.07) is 0.728. The molecule has 0 amide bonds. The Bertz CT molecular complexity index is 643. The monoisotopic (exact) mass is 557 g/mol. The summed E-state index contributed by atoms with van der Waals surface area (Å²) in [4.78, 5) is 2.67. The van der Waals surface area contributed by atoms with Crippen molar-refractivity contribution in [2.45, 2.75) is 60.2 Å². The van der Waals surface area contributed by atoms with Gasteiger partial charge in [0.05, 0.1) is 0 Å². The Morgan fingerprint density at radius 2 is 2.04 bits per heavy atom. The van der Waals surface area contributed by atoms with Crippen molar-refractivity contribution in [2.24, 2.45) is 10.8 Å². The molecule has 6 atom stereocenters. The molecule has 136 valence electrons. The molecule has 3 nitrogen and oxygen atoms in total. The van der Waals surface area contributed by atoms with E-state index >= 15 is 0 Å². The van der Waals surface area contributed by atoms with Crippen LogP contribution in [0, 0.1) is 10.8 Å². The SMILES string of the molecule is COI1C=CI2CC34CN(C)C3[C@@]35CC[C@@](C)(C[C@@](C4)(C3)C2C1)O5. The van der Waals surface area contributed by atoms with E-state index in [1.807, 2.05) is 7.11 Å². The third-order valence-corrected chi connectivity index (χ3v) is 22.4. The molecule has 6 aliphatic rings. The Morgan fingerprint density at radius 1 is 1.17 bits per heavy atom. The average Bonchev–Trinajstić information content (AvgIpc) is 2.76. The second-order valence-corrected chi connectivity index (χ2v) is 19.6. The number of likely N-dealkylation sites (tertiary alicyclic amines) is 1. The van der Waals surface area contributed by atoms with Crippen LogP contribution in [0.2, 0.25) is 0 Å². The van der Waals surface area contributed by atoms with Crippen LogP contribution in [0.3, 0.4) is 0 Å². The molecule has 1 saturated carbocycles. The molecule has 4 saturated heterocycles. The van der Waals surface area contributed by atoms with Crippen LogP contribution in [0.25, 0.3) is 0 Å². The van der Waals surface area contributed by atoms with Crippen molar-refractivity contribution in [3.8, 4) is 0 Å². The molecule has 4 bridgehead atoms. The van der Waals surface area contributed by atoms with Gasteiger partial charge in [-0.15, -0.1) is 0 Å². The van der Waals surface area contributed by atoms with Crippen LogP contribution in [0.4, 0.5) is 0 Å². The summed E-state index contributed by atoms with van der Waals surface area (Å²) in [5.41, 5.74) is 1.61. The van der Waals surface area contributed by atoms with Crippen molar-refractivity contribution in [3.05, 3.63) is 8.17 Å². The molecule has 0 aromatic carbocycles. The Kier molecular flexibility index (Phi) is 3.17. The van der Waals surface area contributed by atoms with Crippen LogP contribution >= 0.6 is 40.1 Å². The fourth-order valence-corrected chi connectivity index (χ4v) is 27.5. The molecule has 24 heavy (non-hydrogen) atoms. The van der Waals surface area contributed by atoms with Gasteiger partial charge in [0.15, 0.2) is 0 Å². The summed E-state index contributed by atoms with van der Waals surface area (Å²) in [5, 5.41) is 0. The topological polar surface area (TPSA) is 21.7 Å². The van der Waals surface area contributed by atoms with Crippen molar-refractivity contribution < 1.29 is 7.80 Å². The third kappa shape index (κ3) is 1.80. The molecule has 0 N–H and O–H groups in total. The molecular formula is C19H29I2NO2. The first kappa shape index (κ1) is 16.1. The van der Waals surface area contributed by atoms with Crippen molar-refractivity contribution >= 4 is 40.1 Å². The molecule has 5 aliphatic heterocycles.